The summed E-state index contributed by atoms with van der Waals surface area (Å²) in [6.07, 6.45) is -3.68. The SMILES string of the molecule is CCCC(=O)OCCOc1ccc2c(C(F)(F)F)cc(=O)oc2c1. The van der Waals surface area contributed by atoms with Crippen molar-refractivity contribution < 1.29 is 31.9 Å². The molecule has 0 spiro atoms. The van der Waals surface area contributed by atoms with Crippen LogP contribution in [0, 0.1) is 0 Å². The lowest BCUT2D eigenvalue weighted by Crippen LogP contribution is -2.12. The van der Waals surface area contributed by atoms with E-state index < -0.39 is 17.4 Å². The molecule has 0 atom stereocenters. The van der Waals surface area contributed by atoms with Crippen molar-refractivity contribution in [3.05, 3.63) is 40.2 Å². The number of halogens is 3. The van der Waals surface area contributed by atoms with Crippen LogP contribution in [0.15, 0.2) is 33.5 Å². The largest absolute Gasteiger partial charge is 0.490 e. The Labute approximate surface area is 135 Å². The van der Waals surface area contributed by atoms with E-state index in [-0.39, 0.29) is 35.9 Å². The Morgan fingerprint density at radius 3 is 2.62 bits per heavy atom. The molecule has 0 saturated heterocycles. The van der Waals surface area contributed by atoms with Crippen LogP contribution in [-0.4, -0.2) is 19.2 Å². The summed E-state index contributed by atoms with van der Waals surface area (Å²) < 4.78 is 53.7. The molecule has 1 heterocycles. The van der Waals surface area contributed by atoms with Crippen molar-refractivity contribution in [2.75, 3.05) is 13.2 Å². The molecule has 5 nitrogen and oxygen atoms in total. The molecule has 0 N–H and O–H groups in total. The van der Waals surface area contributed by atoms with E-state index in [4.69, 9.17) is 13.9 Å². The minimum atomic E-state index is -4.66. The Morgan fingerprint density at radius 1 is 1.21 bits per heavy atom. The van der Waals surface area contributed by atoms with Crippen LogP contribution in [0.25, 0.3) is 11.0 Å². The van der Waals surface area contributed by atoms with E-state index in [0.29, 0.717) is 18.9 Å². The van der Waals surface area contributed by atoms with Crippen molar-refractivity contribution in [2.24, 2.45) is 0 Å². The standard InChI is InChI=1S/C16H15F3O5/c1-2-3-14(20)23-7-6-22-10-4-5-11-12(16(17,18)19)9-15(21)24-13(11)8-10/h4-5,8-9H,2-3,6-7H2,1H3. The number of hydrogen-bond acceptors (Lipinski definition) is 5. The molecule has 0 aliphatic carbocycles. The van der Waals surface area contributed by atoms with Crippen LogP contribution >= 0.6 is 0 Å². The zero-order valence-electron chi connectivity index (χ0n) is 12.8. The minimum Gasteiger partial charge on any atom is -0.490 e. The van der Waals surface area contributed by atoms with Gasteiger partial charge >= 0.3 is 17.8 Å². The van der Waals surface area contributed by atoms with Gasteiger partial charge in [-0.2, -0.15) is 13.2 Å². The highest BCUT2D eigenvalue weighted by Crippen LogP contribution is 2.34. The van der Waals surface area contributed by atoms with Crippen LogP contribution in [0.4, 0.5) is 13.2 Å². The van der Waals surface area contributed by atoms with Crippen molar-refractivity contribution in [3.8, 4) is 5.75 Å². The van der Waals surface area contributed by atoms with Gasteiger partial charge in [0.2, 0.25) is 0 Å². The molecule has 0 saturated carbocycles. The molecule has 0 aliphatic heterocycles. The Bertz CT molecular complexity index is 779. The van der Waals surface area contributed by atoms with Gasteiger partial charge in [0.15, 0.2) is 0 Å². The topological polar surface area (TPSA) is 65.7 Å². The fourth-order valence-corrected chi connectivity index (χ4v) is 2.06. The molecule has 1 aromatic carbocycles. The molecule has 130 valence electrons. The molecule has 0 unspecified atom stereocenters. The van der Waals surface area contributed by atoms with Crippen molar-refractivity contribution >= 4 is 16.9 Å². The molecule has 0 amide bonds. The number of alkyl halides is 3. The van der Waals surface area contributed by atoms with Crippen molar-refractivity contribution in [3.63, 3.8) is 0 Å². The van der Waals surface area contributed by atoms with Gasteiger partial charge in [0.1, 0.15) is 24.5 Å². The number of carbonyl (C=O) groups excluding carboxylic acids is 1. The van der Waals surface area contributed by atoms with E-state index in [9.17, 15) is 22.8 Å². The second-order valence-corrected chi connectivity index (χ2v) is 4.95. The summed E-state index contributed by atoms with van der Waals surface area (Å²) in [5, 5.41) is -0.233. The van der Waals surface area contributed by atoms with Gasteiger partial charge in [-0.15, -0.1) is 0 Å². The monoisotopic (exact) mass is 344 g/mol. The predicted octanol–water partition coefficient (Wildman–Crippen LogP) is 3.53. The van der Waals surface area contributed by atoms with E-state index in [1.807, 2.05) is 6.92 Å². The number of fused-ring (bicyclic) bond motifs is 1. The van der Waals surface area contributed by atoms with Crippen molar-refractivity contribution in [1.29, 1.82) is 0 Å². The Balaban J connectivity index is 2.12. The summed E-state index contributed by atoms with van der Waals surface area (Å²) in [6.45, 7) is 1.89. The predicted molar refractivity (Wildman–Crippen MR) is 78.8 cm³/mol. The highest BCUT2D eigenvalue weighted by molar-refractivity contribution is 5.82. The first kappa shape index (κ1) is 17.8. The number of carbonyl (C=O) groups is 1. The fourth-order valence-electron chi connectivity index (χ4n) is 2.06. The summed E-state index contributed by atoms with van der Waals surface area (Å²) in [6, 6.07) is 4.10. The molecular formula is C16H15F3O5. The number of ether oxygens (including phenoxy) is 2. The second-order valence-electron chi connectivity index (χ2n) is 4.95. The lowest BCUT2D eigenvalue weighted by Gasteiger charge is -2.11. The highest BCUT2D eigenvalue weighted by atomic mass is 19.4. The summed E-state index contributed by atoms with van der Waals surface area (Å²) in [7, 11) is 0. The van der Waals surface area contributed by atoms with Crippen LogP contribution in [0.2, 0.25) is 0 Å². The van der Waals surface area contributed by atoms with Crippen molar-refractivity contribution in [1.82, 2.24) is 0 Å². The number of esters is 1. The third-order valence-electron chi connectivity index (χ3n) is 3.09. The Kier molecular flexibility index (Phi) is 5.48. The Hall–Kier alpha value is -2.51. The van der Waals surface area contributed by atoms with E-state index in [2.05, 4.69) is 0 Å². The van der Waals surface area contributed by atoms with Gasteiger partial charge in [0, 0.05) is 23.9 Å². The maximum Gasteiger partial charge on any atom is 0.417 e. The van der Waals surface area contributed by atoms with E-state index in [1.165, 1.54) is 18.2 Å². The maximum atomic E-state index is 12.9. The smallest absolute Gasteiger partial charge is 0.417 e. The number of benzene rings is 1. The first-order chi connectivity index (χ1) is 11.3. The average Bonchev–Trinajstić information content (AvgIpc) is 2.49. The third-order valence-corrected chi connectivity index (χ3v) is 3.09. The van der Waals surface area contributed by atoms with Gasteiger partial charge in [0.05, 0.1) is 5.56 Å². The summed E-state index contributed by atoms with van der Waals surface area (Å²) in [5.41, 5.74) is -2.38. The summed E-state index contributed by atoms with van der Waals surface area (Å²) in [4.78, 5) is 22.5. The normalized spacial score (nSPS) is 11.5. The van der Waals surface area contributed by atoms with Crippen molar-refractivity contribution in [2.45, 2.75) is 25.9 Å². The van der Waals surface area contributed by atoms with Crippen LogP contribution in [0.3, 0.4) is 0 Å². The molecule has 24 heavy (non-hydrogen) atoms. The van der Waals surface area contributed by atoms with Gasteiger partial charge in [-0.1, -0.05) is 6.92 Å². The number of hydrogen-bond donors (Lipinski definition) is 0. The lowest BCUT2D eigenvalue weighted by molar-refractivity contribution is -0.144. The van der Waals surface area contributed by atoms with Gasteiger partial charge in [-0.25, -0.2) is 4.79 Å². The number of rotatable bonds is 6. The van der Waals surface area contributed by atoms with Gasteiger partial charge in [-0.3, -0.25) is 4.79 Å². The Morgan fingerprint density at radius 2 is 1.96 bits per heavy atom. The van der Waals surface area contributed by atoms with Gasteiger partial charge in [-0.05, 0) is 18.6 Å². The van der Waals surface area contributed by atoms with E-state index in [0.717, 1.165) is 0 Å². The molecule has 2 aromatic rings. The first-order valence-corrected chi connectivity index (χ1v) is 7.25. The quantitative estimate of drug-likeness (QED) is 0.456. The molecule has 0 fully saturated rings. The zero-order chi connectivity index (χ0) is 17.7. The van der Waals surface area contributed by atoms with Gasteiger partial charge in [0.25, 0.3) is 0 Å². The van der Waals surface area contributed by atoms with E-state index >= 15 is 0 Å². The average molecular weight is 344 g/mol. The molecule has 0 radical (unpaired) electrons. The second kappa shape index (κ2) is 7.37. The van der Waals surface area contributed by atoms with Crippen LogP contribution in [0.5, 0.6) is 5.75 Å². The molecule has 1 aromatic heterocycles. The first-order valence-electron chi connectivity index (χ1n) is 7.25. The summed E-state index contributed by atoms with van der Waals surface area (Å²) in [5.74, 6) is -0.142. The van der Waals surface area contributed by atoms with E-state index in [1.54, 1.807) is 0 Å². The van der Waals surface area contributed by atoms with Crippen LogP contribution in [0.1, 0.15) is 25.3 Å². The molecule has 0 bridgehead atoms. The third kappa shape index (κ3) is 4.50. The highest BCUT2D eigenvalue weighted by Gasteiger charge is 2.33. The zero-order valence-corrected chi connectivity index (χ0v) is 12.8. The molecule has 2 rings (SSSR count). The maximum absolute atomic E-state index is 12.9. The van der Waals surface area contributed by atoms with Crippen LogP contribution < -0.4 is 10.4 Å². The fraction of sp³-hybridized carbons (Fsp3) is 0.375. The molecule has 0 aliphatic rings. The minimum absolute atomic E-state index is 0.0173. The van der Waals surface area contributed by atoms with Crippen LogP contribution in [-0.2, 0) is 15.7 Å². The molecular weight excluding hydrogens is 329 g/mol. The summed E-state index contributed by atoms with van der Waals surface area (Å²) >= 11 is 0. The molecule has 8 heteroatoms. The lowest BCUT2D eigenvalue weighted by atomic mass is 10.1. The van der Waals surface area contributed by atoms with Gasteiger partial charge < -0.3 is 13.9 Å².